The van der Waals surface area contributed by atoms with Gasteiger partial charge in [-0.2, -0.15) is 0 Å². The first kappa shape index (κ1) is 15.3. The molecule has 1 aromatic carbocycles. The molecule has 2 aromatic rings. The van der Waals surface area contributed by atoms with E-state index in [1.54, 1.807) is 12.1 Å². The molecule has 3 rings (SSSR count). The highest BCUT2D eigenvalue weighted by molar-refractivity contribution is 8.18. The van der Waals surface area contributed by atoms with Crippen LogP contribution in [0.1, 0.15) is 5.76 Å². The van der Waals surface area contributed by atoms with Crippen LogP contribution >= 0.6 is 23.4 Å². The first-order valence-corrected chi connectivity index (χ1v) is 7.42. The van der Waals surface area contributed by atoms with Gasteiger partial charge in [-0.15, -0.1) is 0 Å². The summed E-state index contributed by atoms with van der Waals surface area (Å²) in [5.41, 5.74) is 0.0814. The second-order valence-electron chi connectivity index (χ2n) is 4.47. The maximum Gasteiger partial charge on any atom is 0.290 e. The van der Waals surface area contributed by atoms with Crippen molar-refractivity contribution in [1.82, 2.24) is 5.32 Å². The minimum atomic E-state index is -0.555. The van der Waals surface area contributed by atoms with Crippen molar-refractivity contribution in [2.45, 2.75) is 0 Å². The summed E-state index contributed by atoms with van der Waals surface area (Å²) >= 11 is 6.53. The standard InChI is InChI=1S/C14H7ClN2O5S/c15-7-1-3-9(10(5-7)17(20)21)11-4-2-8(22-11)6-12-13(18)16-14(19)23-12/h1-6H,(H,16,18,19)/b12-6-. The Morgan fingerprint density at radius 1 is 1.26 bits per heavy atom. The SMILES string of the molecule is O=C1NC(=O)/C(=C/c2ccc(-c3ccc(Cl)cc3[N+](=O)[O-])o2)S1. The summed E-state index contributed by atoms with van der Waals surface area (Å²) in [4.78, 5) is 33.3. The van der Waals surface area contributed by atoms with Crippen molar-refractivity contribution in [2.24, 2.45) is 0 Å². The fraction of sp³-hybridized carbons (Fsp3) is 0. The highest BCUT2D eigenvalue weighted by Gasteiger charge is 2.25. The smallest absolute Gasteiger partial charge is 0.290 e. The number of thioether (sulfide) groups is 1. The second-order valence-corrected chi connectivity index (χ2v) is 5.92. The van der Waals surface area contributed by atoms with Crippen LogP contribution in [0.2, 0.25) is 5.02 Å². The molecule has 23 heavy (non-hydrogen) atoms. The second kappa shape index (κ2) is 5.90. The van der Waals surface area contributed by atoms with Gasteiger partial charge in [-0.1, -0.05) is 11.6 Å². The minimum Gasteiger partial charge on any atom is -0.456 e. The van der Waals surface area contributed by atoms with Crippen LogP contribution in [-0.4, -0.2) is 16.1 Å². The van der Waals surface area contributed by atoms with E-state index in [4.69, 9.17) is 16.0 Å². The molecule has 0 spiro atoms. The molecule has 0 unspecified atom stereocenters. The van der Waals surface area contributed by atoms with Crippen LogP contribution in [0.25, 0.3) is 17.4 Å². The van der Waals surface area contributed by atoms with Gasteiger partial charge >= 0.3 is 0 Å². The van der Waals surface area contributed by atoms with Gasteiger partial charge < -0.3 is 4.42 Å². The number of halogens is 1. The number of imide groups is 1. The van der Waals surface area contributed by atoms with Crippen LogP contribution in [0, 0.1) is 10.1 Å². The largest absolute Gasteiger partial charge is 0.456 e. The van der Waals surface area contributed by atoms with Crippen molar-refractivity contribution in [3.05, 3.63) is 56.1 Å². The van der Waals surface area contributed by atoms with Gasteiger partial charge in [0.1, 0.15) is 11.5 Å². The van der Waals surface area contributed by atoms with Gasteiger partial charge in [0.2, 0.25) is 0 Å². The van der Waals surface area contributed by atoms with Gasteiger partial charge in [-0.3, -0.25) is 25.0 Å². The van der Waals surface area contributed by atoms with Crippen LogP contribution in [0.3, 0.4) is 0 Å². The molecule has 9 heteroatoms. The lowest BCUT2D eigenvalue weighted by Crippen LogP contribution is -2.17. The number of benzene rings is 1. The van der Waals surface area contributed by atoms with Crippen molar-refractivity contribution >= 4 is 46.3 Å². The van der Waals surface area contributed by atoms with E-state index >= 15 is 0 Å². The topological polar surface area (TPSA) is 102 Å². The summed E-state index contributed by atoms with van der Waals surface area (Å²) in [6.07, 6.45) is 1.40. The molecule has 7 nitrogen and oxygen atoms in total. The summed E-state index contributed by atoms with van der Waals surface area (Å²) in [6.45, 7) is 0. The van der Waals surface area contributed by atoms with Crippen LogP contribution in [0.4, 0.5) is 10.5 Å². The van der Waals surface area contributed by atoms with Crippen LogP contribution in [-0.2, 0) is 4.79 Å². The Bertz CT molecular complexity index is 874. The predicted molar refractivity (Wildman–Crippen MR) is 84.9 cm³/mol. The van der Waals surface area contributed by atoms with Gasteiger partial charge in [-0.05, 0) is 36.0 Å². The Kier molecular flexibility index (Phi) is 3.93. The zero-order valence-corrected chi connectivity index (χ0v) is 12.8. The first-order valence-electron chi connectivity index (χ1n) is 6.23. The summed E-state index contributed by atoms with van der Waals surface area (Å²) in [6, 6.07) is 7.33. The number of rotatable bonds is 3. The van der Waals surface area contributed by atoms with Crippen LogP contribution < -0.4 is 5.32 Å². The van der Waals surface area contributed by atoms with Crippen LogP contribution in [0.15, 0.2) is 39.7 Å². The molecule has 0 bridgehead atoms. The number of carbonyl (C=O) groups excluding carboxylic acids is 2. The molecule has 0 saturated carbocycles. The van der Waals surface area contributed by atoms with Crippen LogP contribution in [0.5, 0.6) is 0 Å². The predicted octanol–water partition coefficient (Wildman–Crippen LogP) is 3.83. The Labute approximate surface area is 138 Å². The molecule has 0 radical (unpaired) electrons. The van der Waals surface area contributed by atoms with E-state index in [9.17, 15) is 19.7 Å². The third-order valence-electron chi connectivity index (χ3n) is 2.96. The lowest BCUT2D eigenvalue weighted by Gasteiger charge is -2.00. The summed E-state index contributed by atoms with van der Waals surface area (Å²) in [7, 11) is 0. The normalized spacial score (nSPS) is 16.0. The average molecular weight is 351 g/mol. The number of hydrogen-bond donors (Lipinski definition) is 1. The quantitative estimate of drug-likeness (QED) is 0.512. The van der Waals surface area contributed by atoms with E-state index in [1.807, 2.05) is 0 Å². The van der Waals surface area contributed by atoms with Gasteiger partial charge in [-0.25, -0.2) is 0 Å². The first-order chi connectivity index (χ1) is 10.9. The molecule has 1 saturated heterocycles. The maximum atomic E-state index is 11.5. The highest BCUT2D eigenvalue weighted by atomic mass is 35.5. The molecule has 2 heterocycles. The van der Waals surface area contributed by atoms with Gasteiger partial charge in [0.25, 0.3) is 16.8 Å². The Morgan fingerprint density at radius 2 is 2.04 bits per heavy atom. The molecule has 2 amide bonds. The Morgan fingerprint density at radius 3 is 2.70 bits per heavy atom. The molecule has 1 aliphatic rings. The molecule has 1 N–H and O–H groups in total. The molecule has 0 atom stereocenters. The fourth-order valence-electron chi connectivity index (χ4n) is 1.99. The molecule has 1 aromatic heterocycles. The number of nitrogens with zero attached hydrogens (tertiary/aromatic N) is 1. The average Bonchev–Trinajstić information content (AvgIpc) is 3.06. The van der Waals surface area contributed by atoms with E-state index in [1.165, 1.54) is 24.3 Å². The fourth-order valence-corrected chi connectivity index (χ4v) is 2.82. The van der Waals surface area contributed by atoms with Gasteiger partial charge in [0.15, 0.2) is 0 Å². The third kappa shape index (κ3) is 3.13. The molecular weight excluding hydrogens is 344 g/mol. The highest BCUT2D eigenvalue weighted by Crippen LogP contribution is 2.34. The number of amides is 2. The van der Waals surface area contributed by atoms with E-state index in [0.717, 1.165) is 11.8 Å². The van der Waals surface area contributed by atoms with E-state index in [2.05, 4.69) is 5.32 Å². The van der Waals surface area contributed by atoms with E-state index < -0.39 is 16.1 Å². The van der Waals surface area contributed by atoms with Crippen molar-refractivity contribution in [1.29, 1.82) is 0 Å². The Hall–Kier alpha value is -2.58. The van der Waals surface area contributed by atoms with E-state index in [-0.39, 0.29) is 26.9 Å². The maximum absolute atomic E-state index is 11.5. The van der Waals surface area contributed by atoms with Crippen molar-refractivity contribution < 1.29 is 18.9 Å². The summed E-state index contributed by atoms with van der Waals surface area (Å²) in [5, 5.41) is 13.0. The number of nitro benzene ring substituents is 1. The van der Waals surface area contributed by atoms with E-state index in [0.29, 0.717) is 5.76 Å². The monoisotopic (exact) mass is 350 g/mol. The summed E-state index contributed by atoms with van der Waals surface area (Å²) in [5.74, 6) is 0.0574. The lowest BCUT2D eigenvalue weighted by molar-refractivity contribution is -0.384. The van der Waals surface area contributed by atoms with Gasteiger partial charge in [0, 0.05) is 17.2 Å². The lowest BCUT2D eigenvalue weighted by atomic mass is 10.1. The number of nitrogens with one attached hydrogen (secondary N) is 1. The number of carbonyl (C=O) groups is 2. The number of furan rings is 1. The third-order valence-corrected chi connectivity index (χ3v) is 4.01. The molecule has 116 valence electrons. The zero-order chi connectivity index (χ0) is 16.6. The Balaban J connectivity index is 1.97. The number of hydrogen-bond acceptors (Lipinski definition) is 6. The minimum absolute atomic E-state index is 0.186. The van der Waals surface area contributed by atoms with Gasteiger partial charge in [0.05, 0.1) is 15.4 Å². The molecule has 1 fully saturated rings. The van der Waals surface area contributed by atoms with Crippen molar-refractivity contribution in [2.75, 3.05) is 0 Å². The summed E-state index contributed by atoms with van der Waals surface area (Å²) < 4.78 is 5.52. The van der Waals surface area contributed by atoms with Crippen molar-refractivity contribution in [3.63, 3.8) is 0 Å². The van der Waals surface area contributed by atoms with Crippen molar-refractivity contribution in [3.8, 4) is 11.3 Å². The molecule has 1 aliphatic heterocycles. The molecule has 0 aliphatic carbocycles. The molecular formula is C14H7ClN2O5S. The number of nitro groups is 1. The zero-order valence-electron chi connectivity index (χ0n) is 11.2.